The number of benzene rings is 4. The fourth-order valence-electron chi connectivity index (χ4n) is 7.83. The van der Waals surface area contributed by atoms with Gasteiger partial charge in [-0.2, -0.15) is 0 Å². The number of hydrogen-bond acceptors (Lipinski definition) is 18. The molecule has 0 spiro atoms. The predicted molar refractivity (Wildman–Crippen MR) is 230 cm³/mol. The molecule has 4 heterocycles. The minimum atomic E-state index is -0.740. The lowest BCUT2D eigenvalue weighted by molar-refractivity contribution is -0.132. The van der Waals surface area contributed by atoms with Gasteiger partial charge in [0.15, 0.2) is 24.4 Å². The van der Waals surface area contributed by atoms with Gasteiger partial charge in [-0.3, -0.25) is 14.4 Å². The van der Waals surface area contributed by atoms with Gasteiger partial charge < -0.3 is 57.8 Å². The molecule has 0 saturated carbocycles. The Morgan fingerprint density at radius 1 is 0.478 bits per heavy atom. The zero-order valence-corrected chi connectivity index (χ0v) is 36.9. The largest absolute Gasteiger partial charge is 0.507 e. The van der Waals surface area contributed by atoms with E-state index in [1.54, 1.807) is 68.4 Å². The van der Waals surface area contributed by atoms with Gasteiger partial charge in [-0.25, -0.2) is 19.2 Å². The van der Waals surface area contributed by atoms with Crippen LogP contribution in [-0.2, 0) is 52.3 Å². The molecular weight excluding hydrogens is 879 g/mol. The van der Waals surface area contributed by atoms with Crippen molar-refractivity contribution >= 4 is 47.4 Å². The molecule has 4 aliphatic rings. The fraction of sp³-hybridized carbons (Fsp3) is 0.354. The van der Waals surface area contributed by atoms with Gasteiger partial charge in [0.2, 0.25) is 5.91 Å². The van der Waals surface area contributed by atoms with Gasteiger partial charge in [0.05, 0.1) is 37.7 Å². The number of amides is 1. The molecule has 2 unspecified atom stereocenters. The smallest absolute Gasteiger partial charge is 0.342 e. The second-order valence-electron chi connectivity index (χ2n) is 15.8. The summed E-state index contributed by atoms with van der Waals surface area (Å²) in [5, 5.41) is 12.8. The molecule has 4 aromatic carbocycles. The number of para-hydroxylation sites is 4. The number of carbonyl (C=O) groups is 7. The van der Waals surface area contributed by atoms with E-state index in [1.165, 1.54) is 51.1 Å². The van der Waals surface area contributed by atoms with Crippen LogP contribution in [-0.4, -0.2) is 122 Å². The Labute approximate surface area is 383 Å². The summed E-state index contributed by atoms with van der Waals surface area (Å²) in [6.45, 7) is 7.51. The normalized spacial score (nSPS) is 23.3. The summed E-state index contributed by atoms with van der Waals surface area (Å²) in [7, 11) is 0. The van der Waals surface area contributed by atoms with Crippen molar-refractivity contribution in [3.8, 4) is 17.2 Å². The Bertz CT molecular complexity index is 2560. The predicted octanol–water partition coefficient (Wildman–Crippen LogP) is 4.60. The maximum Gasteiger partial charge on any atom is 0.342 e. The third-order valence-corrected chi connectivity index (χ3v) is 10.9. The van der Waals surface area contributed by atoms with Crippen molar-refractivity contribution in [2.24, 2.45) is 0 Å². The van der Waals surface area contributed by atoms with Crippen LogP contribution in [0.15, 0.2) is 84.9 Å². The summed E-state index contributed by atoms with van der Waals surface area (Å²) in [6.07, 6.45) is -5.42. The van der Waals surface area contributed by atoms with Crippen molar-refractivity contribution in [1.29, 1.82) is 0 Å². The van der Waals surface area contributed by atoms with Crippen molar-refractivity contribution in [2.45, 2.75) is 83.5 Å². The van der Waals surface area contributed by atoms with Crippen LogP contribution in [0, 0.1) is 13.8 Å². The number of carbonyl (C=O) groups excluding carboxylic acids is 7. The number of esters is 6. The highest BCUT2D eigenvalue weighted by Gasteiger charge is 2.53. The summed E-state index contributed by atoms with van der Waals surface area (Å²) >= 11 is 0. The van der Waals surface area contributed by atoms with E-state index in [-0.39, 0.29) is 71.8 Å². The second-order valence-corrected chi connectivity index (χ2v) is 15.8. The number of phenolic OH excluding ortho intramolecular Hbond substituents is 1. The van der Waals surface area contributed by atoms with E-state index < -0.39 is 84.6 Å². The SMILES string of the molecule is CC(=O)Nc1c(C)cccc1C(=O)O[C@@H]1CO[C@@H]2C(OC(=O)c3ccccc3OC(C)=O)CO[C@@H]21.CC(=O)Oc1ccccc1C(=O)OC1CO[C@H]2[C@@H]1OC[C@H]2OC(=O)c1cccc(C)c1O. The zero-order valence-electron chi connectivity index (χ0n) is 36.9. The maximum absolute atomic E-state index is 12.9. The molecule has 352 valence electrons. The molecule has 0 radical (unpaired) electrons. The Kier molecular flexibility index (Phi) is 14.9. The average molecular weight is 926 g/mol. The molecule has 19 heteroatoms. The number of anilines is 1. The Morgan fingerprint density at radius 3 is 1.22 bits per heavy atom. The van der Waals surface area contributed by atoms with Gasteiger partial charge in [-0.15, -0.1) is 0 Å². The third-order valence-electron chi connectivity index (χ3n) is 10.9. The number of ether oxygens (including phenoxy) is 10. The summed E-state index contributed by atoms with van der Waals surface area (Å²) < 4.78 is 55.3. The quantitative estimate of drug-likeness (QED) is 0.119. The fourth-order valence-corrected chi connectivity index (χ4v) is 7.83. The number of phenols is 1. The van der Waals surface area contributed by atoms with Gasteiger partial charge in [-0.1, -0.05) is 48.5 Å². The van der Waals surface area contributed by atoms with E-state index in [2.05, 4.69) is 5.32 Å². The van der Waals surface area contributed by atoms with Crippen LogP contribution in [0.25, 0.3) is 0 Å². The van der Waals surface area contributed by atoms with Crippen LogP contribution < -0.4 is 14.8 Å². The molecule has 0 aliphatic carbocycles. The van der Waals surface area contributed by atoms with Crippen LogP contribution in [0.3, 0.4) is 0 Å². The molecular formula is C48H47NO18. The number of nitrogens with one attached hydrogen (secondary N) is 1. The molecule has 4 saturated heterocycles. The van der Waals surface area contributed by atoms with E-state index in [0.29, 0.717) is 16.8 Å². The molecule has 67 heavy (non-hydrogen) atoms. The Balaban J connectivity index is 0.000000200. The van der Waals surface area contributed by atoms with Crippen molar-refractivity contribution in [1.82, 2.24) is 0 Å². The summed E-state index contributed by atoms with van der Waals surface area (Å²) in [5.41, 5.74) is 2.11. The first kappa shape index (κ1) is 47.8. The monoisotopic (exact) mass is 925 g/mol. The van der Waals surface area contributed by atoms with Crippen molar-refractivity contribution < 1.29 is 86.0 Å². The van der Waals surface area contributed by atoms with E-state index in [9.17, 15) is 38.7 Å². The standard InChI is InChI=1S/C25H25NO9.C23H22O9/c1-13-7-6-9-17(21(13)26-14(2)27)25(30)35-20-12-32-22-19(11-31-23(20)22)34-24(29)16-8-4-5-10-18(16)33-15(3)28;1-12-6-5-8-15(19(12)25)23(27)32-18-11-29-20-17(10-28-21(18)20)31-22(26)14-7-3-4-9-16(14)30-13(2)24/h4-10,19-20,22-23H,11-12H2,1-3H3,(H,26,27);3-9,17-18,20-21,25H,10-11H2,1-2H3/t19?,20-,22-,23-;17?,18-,20-,21-/m11/s1. The van der Waals surface area contributed by atoms with Crippen LogP contribution in [0.4, 0.5) is 5.69 Å². The zero-order chi connectivity index (χ0) is 47.9. The number of aromatic hydroxyl groups is 1. The van der Waals surface area contributed by atoms with Crippen LogP contribution in [0.2, 0.25) is 0 Å². The molecule has 4 aromatic rings. The Morgan fingerprint density at radius 2 is 0.821 bits per heavy atom. The summed E-state index contributed by atoms with van der Waals surface area (Å²) in [4.78, 5) is 85.0. The molecule has 0 bridgehead atoms. The second kappa shape index (κ2) is 21.0. The molecule has 0 aromatic heterocycles. The van der Waals surface area contributed by atoms with Crippen molar-refractivity contribution in [3.63, 3.8) is 0 Å². The molecule has 8 atom stereocenters. The highest BCUT2D eigenvalue weighted by atomic mass is 16.7. The molecule has 19 nitrogen and oxygen atoms in total. The van der Waals surface area contributed by atoms with E-state index >= 15 is 0 Å². The van der Waals surface area contributed by atoms with Crippen LogP contribution >= 0.6 is 0 Å². The van der Waals surface area contributed by atoms with Gasteiger partial charge in [0.25, 0.3) is 0 Å². The van der Waals surface area contributed by atoms with Crippen molar-refractivity contribution in [3.05, 3.63) is 118 Å². The first-order valence-electron chi connectivity index (χ1n) is 21.1. The molecule has 4 fully saturated rings. The molecule has 1 amide bonds. The molecule has 8 rings (SSSR count). The van der Waals surface area contributed by atoms with E-state index in [1.807, 2.05) is 0 Å². The summed E-state index contributed by atoms with van der Waals surface area (Å²) in [5.74, 6) is -4.09. The van der Waals surface area contributed by atoms with E-state index in [4.69, 9.17) is 47.4 Å². The topological polar surface area (TPSA) is 244 Å². The van der Waals surface area contributed by atoms with Gasteiger partial charge in [-0.05, 0) is 61.4 Å². The van der Waals surface area contributed by atoms with Gasteiger partial charge >= 0.3 is 35.8 Å². The lowest BCUT2D eigenvalue weighted by atomic mass is 10.1. The van der Waals surface area contributed by atoms with Crippen LogP contribution in [0.1, 0.15) is 73.3 Å². The first-order valence-corrected chi connectivity index (χ1v) is 21.1. The third kappa shape index (κ3) is 11.1. The highest BCUT2D eigenvalue weighted by Crippen LogP contribution is 2.35. The first-order chi connectivity index (χ1) is 32.1. The number of rotatable bonds is 11. The number of aryl methyl sites for hydroxylation is 2. The number of fused-ring (bicyclic) bond motifs is 2. The lowest BCUT2D eigenvalue weighted by Gasteiger charge is -2.19. The Hall–Kier alpha value is -7.19. The minimum absolute atomic E-state index is 0.0481. The average Bonchev–Trinajstić information content (AvgIpc) is 4.08. The summed E-state index contributed by atoms with van der Waals surface area (Å²) in [6, 6.07) is 22.3. The lowest BCUT2D eigenvalue weighted by Crippen LogP contribution is -2.36. The van der Waals surface area contributed by atoms with E-state index in [0.717, 1.165) is 0 Å². The van der Waals surface area contributed by atoms with Crippen LogP contribution in [0.5, 0.6) is 17.2 Å². The van der Waals surface area contributed by atoms with Gasteiger partial charge in [0, 0.05) is 20.8 Å². The van der Waals surface area contributed by atoms with Crippen molar-refractivity contribution in [2.75, 3.05) is 31.7 Å². The van der Waals surface area contributed by atoms with Gasteiger partial charge in [0.1, 0.15) is 58.4 Å². The molecule has 4 aliphatic heterocycles. The minimum Gasteiger partial charge on any atom is -0.507 e. The maximum atomic E-state index is 12.9. The molecule has 2 N–H and O–H groups in total. The highest BCUT2D eigenvalue weighted by molar-refractivity contribution is 6.02. The number of hydrogen-bond donors (Lipinski definition) is 2.